The molecule has 2 aliphatic heterocycles. The molecule has 0 atom stereocenters. The van der Waals surface area contributed by atoms with E-state index in [2.05, 4.69) is 31.1 Å². The first kappa shape index (κ1) is 19.7. The summed E-state index contributed by atoms with van der Waals surface area (Å²) in [4.78, 5) is 32.4. The number of carbonyl (C=O) groups excluding carboxylic acids is 2. The van der Waals surface area contributed by atoms with Crippen molar-refractivity contribution in [1.29, 1.82) is 0 Å². The molecular weight excluding hydrogens is 364 g/mol. The Morgan fingerprint density at radius 1 is 0.966 bits per heavy atom. The summed E-state index contributed by atoms with van der Waals surface area (Å²) in [6.07, 6.45) is 4.89. The van der Waals surface area contributed by atoms with Crippen molar-refractivity contribution in [2.75, 3.05) is 18.4 Å². The lowest BCUT2D eigenvalue weighted by Crippen LogP contribution is -2.31. The Morgan fingerprint density at radius 3 is 2.28 bits per heavy atom. The van der Waals surface area contributed by atoms with Gasteiger partial charge >= 0.3 is 0 Å². The zero-order valence-electron chi connectivity index (χ0n) is 17.6. The second-order valence-electron chi connectivity index (χ2n) is 9.12. The lowest BCUT2D eigenvalue weighted by atomic mass is 9.87. The van der Waals surface area contributed by atoms with Crippen molar-refractivity contribution in [2.24, 2.45) is 0 Å². The fraction of sp³-hybridized carbons (Fsp3) is 0.522. The molecule has 0 aliphatic carbocycles. The van der Waals surface area contributed by atoms with Crippen LogP contribution in [0.3, 0.4) is 0 Å². The monoisotopic (exact) mass is 394 g/mol. The van der Waals surface area contributed by atoms with E-state index in [9.17, 15) is 9.59 Å². The van der Waals surface area contributed by atoms with Crippen molar-refractivity contribution in [3.05, 3.63) is 47.0 Å². The number of nitrogens with one attached hydrogen (secondary N) is 1. The number of rotatable bonds is 3. The highest BCUT2D eigenvalue weighted by molar-refractivity contribution is 6.05. The third kappa shape index (κ3) is 3.93. The van der Waals surface area contributed by atoms with Gasteiger partial charge in [-0.05, 0) is 55.2 Å². The van der Waals surface area contributed by atoms with Crippen LogP contribution >= 0.6 is 0 Å². The number of aromatic nitrogens is 2. The summed E-state index contributed by atoms with van der Waals surface area (Å²) < 4.78 is 1.97. The van der Waals surface area contributed by atoms with Gasteiger partial charge in [0, 0.05) is 25.3 Å². The molecule has 4 rings (SSSR count). The van der Waals surface area contributed by atoms with Crippen LogP contribution in [-0.4, -0.2) is 39.4 Å². The van der Waals surface area contributed by atoms with Crippen molar-refractivity contribution in [1.82, 2.24) is 14.5 Å². The number of fused-ring (bicyclic) bond motifs is 1. The van der Waals surface area contributed by atoms with Crippen LogP contribution in [0.25, 0.3) is 0 Å². The summed E-state index contributed by atoms with van der Waals surface area (Å²) in [5, 5.41) is 2.97. The van der Waals surface area contributed by atoms with E-state index >= 15 is 0 Å². The predicted molar refractivity (Wildman–Crippen MR) is 113 cm³/mol. The lowest BCUT2D eigenvalue weighted by molar-refractivity contribution is 0.0774. The largest absolute Gasteiger partial charge is 0.336 e. The minimum absolute atomic E-state index is 0.0424. The SMILES string of the molecule is CC(C)(C)c1ccc(NC(=O)c2nc(C(=O)N3CCCC3)n3c2CCCC3)cc1. The topological polar surface area (TPSA) is 67.2 Å². The highest BCUT2D eigenvalue weighted by Crippen LogP contribution is 2.26. The van der Waals surface area contributed by atoms with E-state index in [1.54, 1.807) is 0 Å². The molecule has 2 aromatic rings. The van der Waals surface area contributed by atoms with Crippen molar-refractivity contribution in [3.8, 4) is 0 Å². The van der Waals surface area contributed by atoms with Crippen molar-refractivity contribution in [3.63, 3.8) is 0 Å². The van der Waals surface area contributed by atoms with Gasteiger partial charge in [-0.2, -0.15) is 0 Å². The number of likely N-dealkylation sites (tertiary alicyclic amines) is 1. The number of benzene rings is 1. The van der Waals surface area contributed by atoms with Crippen LogP contribution in [0, 0.1) is 0 Å². The number of imidazole rings is 1. The van der Waals surface area contributed by atoms with E-state index in [1.807, 2.05) is 33.7 Å². The molecular formula is C23H30N4O2. The van der Waals surface area contributed by atoms with Gasteiger partial charge in [0.25, 0.3) is 11.8 Å². The molecule has 0 radical (unpaired) electrons. The van der Waals surface area contributed by atoms with Gasteiger partial charge in [0.1, 0.15) is 0 Å². The molecule has 6 heteroatoms. The summed E-state index contributed by atoms with van der Waals surface area (Å²) in [7, 11) is 0. The third-order valence-corrected chi connectivity index (χ3v) is 5.93. The van der Waals surface area contributed by atoms with Gasteiger partial charge in [-0.1, -0.05) is 32.9 Å². The maximum atomic E-state index is 13.0. The number of anilines is 1. The standard InChI is InChI=1S/C23H30N4O2/c1-23(2,3)16-9-11-17(12-10-16)24-21(28)19-18-8-4-5-15-27(18)20(25-19)22(29)26-13-6-7-14-26/h9-12H,4-8,13-15H2,1-3H3,(H,24,28). The van der Waals surface area contributed by atoms with Crippen LogP contribution in [0.1, 0.15) is 78.8 Å². The Labute approximate surface area is 172 Å². The van der Waals surface area contributed by atoms with Crippen molar-refractivity contribution < 1.29 is 9.59 Å². The average Bonchev–Trinajstić information content (AvgIpc) is 3.35. The first-order valence-corrected chi connectivity index (χ1v) is 10.6. The Kier molecular flexibility index (Phi) is 5.19. The van der Waals surface area contributed by atoms with Gasteiger partial charge in [0.15, 0.2) is 11.5 Å². The summed E-state index contributed by atoms with van der Waals surface area (Å²) in [5.74, 6) is 0.147. The third-order valence-electron chi connectivity index (χ3n) is 5.93. The maximum Gasteiger partial charge on any atom is 0.289 e. The van der Waals surface area contributed by atoms with E-state index in [0.717, 1.165) is 63.1 Å². The predicted octanol–water partition coefficient (Wildman–Crippen LogP) is 4.01. The second kappa shape index (κ2) is 7.65. The second-order valence-corrected chi connectivity index (χ2v) is 9.12. The van der Waals surface area contributed by atoms with E-state index in [-0.39, 0.29) is 17.2 Å². The van der Waals surface area contributed by atoms with Crippen LogP contribution in [-0.2, 0) is 18.4 Å². The van der Waals surface area contributed by atoms with E-state index < -0.39 is 0 Å². The number of hydrogen-bond acceptors (Lipinski definition) is 3. The molecule has 1 saturated heterocycles. The summed E-state index contributed by atoms with van der Waals surface area (Å²) in [6.45, 7) is 8.81. The minimum Gasteiger partial charge on any atom is -0.336 e. The highest BCUT2D eigenvalue weighted by atomic mass is 16.2. The van der Waals surface area contributed by atoms with Gasteiger partial charge < -0.3 is 14.8 Å². The highest BCUT2D eigenvalue weighted by Gasteiger charge is 2.30. The number of amides is 2. The first-order chi connectivity index (χ1) is 13.8. The van der Waals surface area contributed by atoms with E-state index in [1.165, 1.54) is 5.56 Å². The van der Waals surface area contributed by atoms with Gasteiger partial charge in [-0.15, -0.1) is 0 Å². The molecule has 0 saturated carbocycles. The lowest BCUT2D eigenvalue weighted by Gasteiger charge is -2.20. The zero-order chi connectivity index (χ0) is 20.6. The van der Waals surface area contributed by atoms with Crippen molar-refractivity contribution in [2.45, 2.75) is 64.8 Å². The van der Waals surface area contributed by atoms with Crippen LogP contribution in [0.4, 0.5) is 5.69 Å². The first-order valence-electron chi connectivity index (χ1n) is 10.6. The summed E-state index contributed by atoms with van der Waals surface area (Å²) in [5.41, 5.74) is 3.31. The molecule has 29 heavy (non-hydrogen) atoms. The fourth-order valence-electron chi connectivity index (χ4n) is 4.19. The molecule has 1 fully saturated rings. The quantitative estimate of drug-likeness (QED) is 0.855. The van der Waals surface area contributed by atoms with Gasteiger partial charge in [-0.25, -0.2) is 4.98 Å². The molecule has 0 bridgehead atoms. The fourth-order valence-corrected chi connectivity index (χ4v) is 4.19. The molecule has 6 nitrogen and oxygen atoms in total. The van der Waals surface area contributed by atoms with Crippen LogP contribution in [0.15, 0.2) is 24.3 Å². The Balaban J connectivity index is 1.59. The maximum absolute atomic E-state index is 13.0. The van der Waals surface area contributed by atoms with Crippen molar-refractivity contribution >= 4 is 17.5 Å². The van der Waals surface area contributed by atoms with E-state index in [4.69, 9.17) is 0 Å². The molecule has 154 valence electrons. The zero-order valence-corrected chi connectivity index (χ0v) is 17.6. The Hall–Kier alpha value is -2.63. The molecule has 0 spiro atoms. The van der Waals surface area contributed by atoms with Crippen LogP contribution in [0.5, 0.6) is 0 Å². The number of nitrogens with zero attached hydrogens (tertiary/aromatic N) is 3. The molecule has 3 heterocycles. The molecule has 1 aromatic heterocycles. The van der Waals surface area contributed by atoms with Crippen LogP contribution < -0.4 is 5.32 Å². The summed E-state index contributed by atoms with van der Waals surface area (Å²) in [6, 6.07) is 7.94. The van der Waals surface area contributed by atoms with Crippen LogP contribution in [0.2, 0.25) is 0 Å². The average molecular weight is 395 g/mol. The number of carbonyl (C=O) groups is 2. The number of hydrogen-bond donors (Lipinski definition) is 1. The van der Waals surface area contributed by atoms with E-state index in [0.29, 0.717) is 11.5 Å². The summed E-state index contributed by atoms with van der Waals surface area (Å²) >= 11 is 0. The molecule has 2 aliphatic rings. The molecule has 2 amide bonds. The molecule has 0 unspecified atom stereocenters. The molecule has 1 N–H and O–H groups in total. The Morgan fingerprint density at radius 2 is 1.62 bits per heavy atom. The Bertz CT molecular complexity index is 916. The molecule has 1 aromatic carbocycles. The minimum atomic E-state index is -0.236. The van der Waals surface area contributed by atoms with Gasteiger partial charge in [0.05, 0.1) is 5.69 Å². The van der Waals surface area contributed by atoms with Gasteiger partial charge in [-0.3, -0.25) is 9.59 Å². The van der Waals surface area contributed by atoms with Gasteiger partial charge in [0.2, 0.25) is 0 Å². The normalized spacial score (nSPS) is 16.6. The smallest absolute Gasteiger partial charge is 0.289 e.